The van der Waals surface area contributed by atoms with Crippen LogP contribution in [0.1, 0.15) is 19.8 Å². The van der Waals surface area contributed by atoms with Crippen LogP contribution in [-0.4, -0.2) is 67.3 Å². The summed E-state index contributed by atoms with van der Waals surface area (Å²) >= 11 is 0. The molecular weight excluding hydrogens is 238 g/mol. The Balaban J connectivity index is 1.95. The summed E-state index contributed by atoms with van der Waals surface area (Å²) in [7, 11) is 1.28. The van der Waals surface area contributed by atoms with E-state index in [1.807, 2.05) is 4.90 Å². The number of nitrogens with zero attached hydrogens (tertiary/aromatic N) is 1. The first-order valence-electron chi connectivity index (χ1n) is 6.29. The molecule has 2 fully saturated rings. The number of esters is 1. The van der Waals surface area contributed by atoms with Gasteiger partial charge in [0.05, 0.1) is 26.9 Å². The van der Waals surface area contributed by atoms with Gasteiger partial charge in [0.25, 0.3) is 0 Å². The molecule has 0 bridgehead atoms. The fourth-order valence-electron chi connectivity index (χ4n) is 2.66. The normalized spacial score (nSPS) is 27.1. The lowest BCUT2D eigenvalue weighted by Crippen LogP contribution is -2.55. The Kier molecular flexibility index (Phi) is 3.91. The molecule has 0 amide bonds. The molecule has 1 N–H and O–H groups in total. The molecule has 0 saturated carbocycles. The van der Waals surface area contributed by atoms with Crippen LogP contribution in [-0.2, 0) is 19.0 Å². The van der Waals surface area contributed by atoms with Gasteiger partial charge in [-0.3, -0.25) is 4.90 Å². The second kappa shape index (κ2) is 5.13. The first kappa shape index (κ1) is 13.7. The highest BCUT2D eigenvalue weighted by atomic mass is 16.7. The van der Waals surface area contributed by atoms with E-state index < -0.39 is 17.4 Å². The standard InChI is InChI=1S/C12H21NO5/c1-11(15,10(14)16-2)8-13-5-3-4-12(9-13)17-6-7-18-12/h15H,3-9H2,1-2H3. The maximum Gasteiger partial charge on any atom is 0.338 e. The number of aliphatic hydroxyl groups is 1. The molecule has 2 saturated heterocycles. The number of methoxy groups -OCH3 is 1. The number of rotatable bonds is 3. The second-order valence-corrected chi connectivity index (χ2v) is 5.19. The number of carbonyl (C=O) groups is 1. The molecule has 2 aliphatic rings. The molecule has 104 valence electrons. The minimum atomic E-state index is -1.49. The Hall–Kier alpha value is -0.690. The van der Waals surface area contributed by atoms with Crippen molar-refractivity contribution in [2.45, 2.75) is 31.2 Å². The highest BCUT2D eigenvalue weighted by Crippen LogP contribution is 2.30. The molecule has 0 aromatic rings. The van der Waals surface area contributed by atoms with Crippen LogP contribution in [0.4, 0.5) is 0 Å². The van der Waals surface area contributed by atoms with Crippen LogP contribution in [0, 0.1) is 0 Å². The summed E-state index contributed by atoms with van der Waals surface area (Å²) in [5.41, 5.74) is -1.49. The van der Waals surface area contributed by atoms with E-state index in [1.54, 1.807) is 0 Å². The van der Waals surface area contributed by atoms with Gasteiger partial charge in [0.1, 0.15) is 0 Å². The van der Waals surface area contributed by atoms with Crippen molar-refractivity contribution in [2.24, 2.45) is 0 Å². The molecule has 6 nitrogen and oxygen atoms in total. The topological polar surface area (TPSA) is 68.2 Å². The van der Waals surface area contributed by atoms with Crippen molar-refractivity contribution in [3.05, 3.63) is 0 Å². The number of piperidine rings is 1. The van der Waals surface area contributed by atoms with Gasteiger partial charge in [-0.1, -0.05) is 0 Å². The highest BCUT2D eigenvalue weighted by Gasteiger charge is 2.43. The smallest absolute Gasteiger partial charge is 0.338 e. The van der Waals surface area contributed by atoms with Gasteiger partial charge in [-0.25, -0.2) is 4.79 Å². The van der Waals surface area contributed by atoms with Gasteiger partial charge in [-0.2, -0.15) is 0 Å². The summed E-state index contributed by atoms with van der Waals surface area (Å²) in [5.74, 6) is -1.15. The van der Waals surface area contributed by atoms with Crippen molar-refractivity contribution in [1.29, 1.82) is 0 Å². The van der Waals surface area contributed by atoms with Crippen molar-refractivity contribution >= 4 is 5.97 Å². The third kappa shape index (κ3) is 2.83. The largest absolute Gasteiger partial charge is 0.467 e. The zero-order valence-corrected chi connectivity index (χ0v) is 11.0. The number of hydrogen-bond donors (Lipinski definition) is 1. The van der Waals surface area contributed by atoms with Crippen molar-refractivity contribution in [2.75, 3.05) is 40.0 Å². The predicted molar refractivity (Wildman–Crippen MR) is 62.9 cm³/mol. The van der Waals surface area contributed by atoms with Gasteiger partial charge in [-0.05, 0) is 19.9 Å². The lowest BCUT2D eigenvalue weighted by Gasteiger charge is -2.40. The lowest BCUT2D eigenvalue weighted by molar-refractivity contribution is -0.197. The summed E-state index contributed by atoms with van der Waals surface area (Å²) in [6.45, 7) is 4.33. The van der Waals surface area contributed by atoms with Crippen molar-refractivity contribution < 1.29 is 24.1 Å². The lowest BCUT2D eigenvalue weighted by atomic mass is 10.0. The molecule has 0 aromatic carbocycles. The van der Waals surface area contributed by atoms with Gasteiger partial charge in [0.2, 0.25) is 0 Å². The maximum atomic E-state index is 11.5. The van der Waals surface area contributed by atoms with E-state index in [2.05, 4.69) is 4.74 Å². The number of hydrogen-bond acceptors (Lipinski definition) is 6. The molecule has 0 aliphatic carbocycles. The summed E-state index contributed by atoms with van der Waals surface area (Å²) in [4.78, 5) is 13.5. The molecule has 2 aliphatic heterocycles. The average molecular weight is 259 g/mol. The van der Waals surface area contributed by atoms with E-state index >= 15 is 0 Å². The average Bonchev–Trinajstić information content (AvgIpc) is 2.75. The quantitative estimate of drug-likeness (QED) is 0.705. The molecule has 2 rings (SSSR count). The predicted octanol–water partition coefficient (Wildman–Crippen LogP) is -0.251. The molecule has 1 unspecified atom stereocenters. The van der Waals surface area contributed by atoms with Gasteiger partial charge >= 0.3 is 5.97 Å². The third-order valence-electron chi connectivity index (χ3n) is 3.47. The van der Waals surface area contributed by atoms with E-state index in [9.17, 15) is 9.90 Å². The highest BCUT2D eigenvalue weighted by molar-refractivity contribution is 5.78. The molecule has 6 heteroatoms. The third-order valence-corrected chi connectivity index (χ3v) is 3.47. The monoisotopic (exact) mass is 259 g/mol. The van der Waals surface area contributed by atoms with Crippen LogP contribution in [0.2, 0.25) is 0 Å². The van der Waals surface area contributed by atoms with E-state index in [0.717, 1.165) is 19.4 Å². The fourth-order valence-corrected chi connectivity index (χ4v) is 2.66. The van der Waals surface area contributed by atoms with E-state index in [4.69, 9.17) is 9.47 Å². The Bertz CT molecular complexity index is 312. The van der Waals surface area contributed by atoms with E-state index in [1.165, 1.54) is 14.0 Å². The SMILES string of the molecule is COC(=O)C(C)(O)CN1CCCC2(C1)OCCO2. The maximum absolute atomic E-state index is 11.5. The van der Waals surface area contributed by atoms with Crippen LogP contribution >= 0.6 is 0 Å². The Morgan fingerprint density at radius 2 is 2.17 bits per heavy atom. The van der Waals surface area contributed by atoms with Gasteiger partial charge in [0.15, 0.2) is 11.4 Å². The first-order valence-corrected chi connectivity index (χ1v) is 6.29. The number of β-amino-alcohol motifs (C(OH)–C–C–N with tert-alkyl or cyclic N) is 1. The van der Waals surface area contributed by atoms with Crippen LogP contribution in [0.15, 0.2) is 0 Å². The van der Waals surface area contributed by atoms with E-state index in [-0.39, 0.29) is 6.54 Å². The van der Waals surface area contributed by atoms with Crippen LogP contribution in [0.3, 0.4) is 0 Å². The Morgan fingerprint density at radius 1 is 1.50 bits per heavy atom. The second-order valence-electron chi connectivity index (χ2n) is 5.19. The minimum Gasteiger partial charge on any atom is -0.467 e. The first-order chi connectivity index (χ1) is 8.47. The minimum absolute atomic E-state index is 0.230. The Morgan fingerprint density at radius 3 is 2.78 bits per heavy atom. The molecule has 0 aromatic heterocycles. The molecular formula is C12H21NO5. The number of carbonyl (C=O) groups excluding carboxylic acids is 1. The van der Waals surface area contributed by atoms with Crippen LogP contribution in [0.5, 0.6) is 0 Å². The van der Waals surface area contributed by atoms with Crippen LogP contribution in [0.25, 0.3) is 0 Å². The van der Waals surface area contributed by atoms with Crippen molar-refractivity contribution in [3.63, 3.8) is 0 Å². The van der Waals surface area contributed by atoms with Crippen LogP contribution < -0.4 is 0 Å². The van der Waals surface area contributed by atoms with Crippen molar-refractivity contribution in [3.8, 4) is 0 Å². The zero-order valence-electron chi connectivity index (χ0n) is 11.0. The van der Waals surface area contributed by atoms with Gasteiger partial charge < -0.3 is 19.3 Å². The Labute approximate surface area is 107 Å². The summed E-state index contributed by atoms with van der Waals surface area (Å²) in [6, 6.07) is 0. The zero-order chi connectivity index (χ0) is 13.2. The van der Waals surface area contributed by atoms with Crippen molar-refractivity contribution in [1.82, 2.24) is 4.90 Å². The molecule has 2 heterocycles. The van der Waals surface area contributed by atoms with Gasteiger partial charge in [-0.15, -0.1) is 0 Å². The molecule has 1 spiro atoms. The summed E-state index contributed by atoms with van der Waals surface area (Å²) in [5, 5.41) is 10.1. The molecule has 18 heavy (non-hydrogen) atoms. The number of likely N-dealkylation sites (tertiary alicyclic amines) is 1. The van der Waals surface area contributed by atoms with Gasteiger partial charge in [0, 0.05) is 13.0 Å². The van der Waals surface area contributed by atoms with E-state index in [0.29, 0.717) is 19.8 Å². The summed E-state index contributed by atoms with van der Waals surface area (Å²) < 4.78 is 15.9. The molecule has 1 atom stereocenters. The number of ether oxygens (including phenoxy) is 3. The molecule has 0 radical (unpaired) electrons. The summed E-state index contributed by atoms with van der Waals surface area (Å²) in [6.07, 6.45) is 1.79. The fraction of sp³-hybridized carbons (Fsp3) is 0.917.